The Hall–Kier alpha value is -3.01. The van der Waals surface area contributed by atoms with Crippen LogP contribution in [-0.2, 0) is 17.8 Å². The molecule has 162 valence electrons. The summed E-state index contributed by atoms with van der Waals surface area (Å²) in [7, 11) is 1.57. The molecule has 0 radical (unpaired) electrons. The standard InChI is InChI=1S/C21H22ClN5O3S/c1-30-10-9-27(21(29)25-17-6-4-16(22)5-7-17)13-19-26-18(14-31-19)20(28)24-12-15-3-2-8-23-11-15/h2-8,11,14H,9-10,12-13H2,1H3,(H,24,28)(H,25,29). The molecule has 0 unspecified atom stereocenters. The first-order valence-electron chi connectivity index (χ1n) is 9.47. The Labute approximate surface area is 189 Å². The highest BCUT2D eigenvalue weighted by Crippen LogP contribution is 2.16. The first-order chi connectivity index (χ1) is 15.0. The number of aromatic nitrogens is 2. The summed E-state index contributed by atoms with van der Waals surface area (Å²) < 4.78 is 5.12. The molecule has 0 atom stereocenters. The minimum Gasteiger partial charge on any atom is -0.383 e. The summed E-state index contributed by atoms with van der Waals surface area (Å²) in [5.41, 5.74) is 1.84. The molecular formula is C21H22ClN5O3S. The summed E-state index contributed by atoms with van der Waals surface area (Å²) in [4.78, 5) is 35.1. The number of anilines is 1. The number of thiazole rings is 1. The summed E-state index contributed by atoms with van der Waals surface area (Å²) in [5, 5.41) is 8.56. The van der Waals surface area contributed by atoms with E-state index >= 15 is 0 Å². The molecule has 0 spiro atoms. The van der Waals surface area contributed by atoms with Crippen molar-refractivity contribution in [2.75, 3.05) is 25.6 Å². The van der Waals surface area contributed by atoms with Gasteiger partial charge in [0, 0.05) is 48.7 Å². The van der Waals surface area contributed by atoms with Crippen LogP contribution >= 0.6 is 22.9 Å². The molecule has 3 aromatic rings. The number of carbonyl (C=O) groups is 2. The maximum absolute atomic E-state index is 12.7. The van der Waals surface area contributed by atoms with E-state index in [-0.39, 0.29) is 18.5 Å². The molecule has 0 fully saturated rings. The minimum atomic E-state index is -0.294. The molecule has 1 aromatic carbocycles. The molecule has 3 rings (SSSR count). The van der Waals surface area contributed by atoms with Crippen LogP contribution in [0.5, 0.6) is 0 Å². The fraction of sp³-hybridized carbons (Fsp3) is 0.238. The zero-order valence-corrected chi connectivity index (χ0v) is 18.4. The number of ether oxygens (including phenoxy) is 1. The number of urea groups is 1. The number of hydrogen-bond acceptors (Lipinski definition) is 6. The van der Waals surface area contributed by atoms with E-state index in [9.17, 15) is 9.59 Å². The normalized spacial score (nSPS) is 10.5. The van der Waals surface area contributed by atoms with Gasteiger partial charge in [0.05, 0.1) is 13.2 Å². The lowest BCUT2D eigenvalue weighted by molar-refractivity contribution is 0.0946. The van der Waals surface area contributed by atoms with Crippen molar-refractivity contribution < 1.29 is 14.3 Å². The zero-order valence-electron chi connectivity index (χ0n) is 16.9. The summed E-state index contributed by atoms with van der Waals surface area (Å²) in [6.45, 7) is 1.36. The highest BCUT2D eigenvalue weighted by molar-refractivity contribution is 7.09. The van der Waals surface area contributed by atoms with Gasteiger partial charge in [-0.05, 0) is 35.9 Å². The number of benzene rings is 1. The lowest BCUT2D eigenvalue weighted by Gasteiger charge is -2.21. The summed E-state index contributed by atoms with van der Waals surface area (Å²) >= 11 is 7.21. The number of amides is 3. The summed E-state index contributed by atoms with van der Waals surface area (Å²) in [6.07, 6.45) is 3.37. The summed E-state index contributed by atoms with van der Waals surface area (Å²) in [5.74, 6) is -0.277. The predicted octanol–water partition coefficient (Wildman–Crippen LogP) is 3.80. The second-order valence-corrected chi connectivity index (χ2v) is 7.90. The van der Waals surface area contributed by atoms with E-state index in [0.717, 1.165) is 5.56 Å². The summed E-state index contributed by atoms with van der Waals surface area (Å²) in [6, 6.07) is 10.3. The second-order valence-electron chi connectivity index (χ2n) is 6.52. The largest absolute Gasteiger partial charge is 0.383 e. The molecule has 0 saturated heterocycles. The SMILES string of the molecule is COCCN(Cc1nc(C(=O)NCc2cccnc2)cs1)C(=O)Nc1ccc(Cl)cc1. The molecule has 31 heavy (non-hydrogen) atoms. The molecule has 3 amide bonds. The topological polar surface area (TPSA) is 96.4 Å². The van der Waals surface area contributed by atoms with Crippen molar-refractivity contribution in [3.63, 3.8) is 0 Å². The van der Waals surface area contributed by atoms with Gasteiger partial charge in [-0.3, -0.25) is 9.78 Å². The van der Waals surface area contributed by atoms with Crippen LogP contribution in [0.4, 0.5) is 10.5 Å². The van der Waals surface area contributed by atoms with E-state index in [1.165, 1.54) is 11.3 Å². The van der Waals surface area contributed by atoms with Crippen LogP contribution in [-0.4, -0.2) is 47.1 Å². The van der Waals surface area contributed by atoms with Crippen molar-refractivity contribution in [2.45, 2.75) is 13.1 Å². The number of methoxy groups -OCH3 is 1. The van der Waals surface area contributed by atoms with Crippen LogP contribution in [0, 0.1) is 0 Å². The lowest BCUT2D eigenvalue weighted by atomic mass is 10.3. The van der Waals surface area contributed by atoms with Crippen molar-refractivity contribution in [3.05, 3.63) is 75.5 Å². The van der Waals surface area contributed by atoms with Crippen molar-refractivity contribution >= 4 is 40.6 Å². The number of rotatable bonds is 9. The van der Waals surface area contributed by atoms with Crippen LogP contribution in [0.3, 0.4) is 0 Å². The van der Waals surface area contributed by atoms with Gasteiger partial charge in [0.25, 0.3) is 5.91 Å². The molecule has 0 aliphatic carbocycles. The highest BCUT2D eigenvalue weighted by atomic mass is 35.5. The van der Waals surface area contributed by atoms with Gasteiger partial charge in [0.1, 0.15) is 10.7 Å². The minimum absolute atomic E-state index is 0.253. The fourth-order valence-corrected chi connectivity index (χ4v) is 3.53. The fourth-order valence-electron chi connectivity index (χ4n) is 2.62. The third kappa shape index (κ3) is 7.02. The number of hydrogen-bond donors (Lipinski definition) is 2. The van der Waals surface area contributed by atoms with E-state index in [1.54, 1.807) is 54.0 Å². The quantitative estimate of drug-likeness (QED) is 0.507. The van der Waals surface area contributed by atoms with Gasteiger partial charge in [-0.2, -0.15) is 0 Å². The van der Waals surface area contributed by atoms with Gasteiger partial charge in [0.15, 0.2) is 0 Å². The van der Waals surface area contributed by atoms with Gasteiger partial charge in [0.2, 0.25) is 0 Å². The van der Waals surface area contributed by atoms with Gasteiger partial charge in [-0.1, -0.05) is 17.7 Å². The van der Waals surface area contributed by atoms with Crippen LogP contribution in [0.25, 0.3) is 0 Å². The molecule has 0 saturated carbocycles. The smallest absolute Gasteiger partial charge is 0.322 e. The number of carbonyl (C=O) groups excluding carboxylic acids is 2. The third-order valence-corrected chi connectivity index (χ3v) is 5.32. The van der Waals surface area contributed by atoms with Crippen molar-refractivity contribution in [1.29, 1.82) is 0 Å². The Morgan fingerprint density at radius 2 is 2.03 bits per heavy atom. The first kappa shape index (κ1) is 22.7. The maximum atomic E-state index is 12.7. The molecule has 2 heterocycles. The number of halogens is 1. The van der Waals surface area contributed by atoms with E-state index in [4.69, 9.17) is 16.3 Å². The Morgan fingerprint density at radius 3 is 2.74 bits per heavy atom. The predicted molar refractivity (Wildman–Crippen MR) is 120 cm³/mol. The van der Waals surface area contributed by atoms with E-state index in [2.05, 4.69) is 20.6 Å². The van der Waals surface area contributed by atoms with Crippen LogP contribution < -0.4 is 10.6 Å². The number of nitrogens with one attached hydrogen (secondary N) is 2. The highest BCUT2D eigenvalue weighted by Gasteiger charge is 2.18. The third-order valence-electron chi connectivity index (χ3n) is 4.23. The van der Waals surface area contributed by atoms with Gasteiger partial charge in [-0.15, -0.1) is 11.3 Å². The maximum Gasteiger partial charge on any atom is 0.322 e. The Balaban J connectivity index is 1.60. The molecule has 0 aliphatic heterocycles. The molecule has 10 heteroatoms. The van der Waals surface area contributed by atoms with Crippen molar-refractivity contribution in [2.24, 2.45) is 0 Å². The molecule has 2 N–H and O–H groups in total. The lowest BCUT2D eigenvalue weighted by Crippen LogP contribution is -2.36. The van der Waals surface area contributed by atoms with Crippen LogP contribution in [0.2, 0.25) is 5.02 Å². The van der Waals surface area contributed by atoms with E-state index in [1.807, 2.05) is 12.1 Å². The molecule has 2 aromatic heterocycles. The average molecular weight is 460 g/mol. The Morgan fingerprint density at radius 1 is 1.23 bits per heavy atom. The van der Waals surface area contributed by atoms with E-state index in [0.29, 0.717) is 41.1 Å². The monoisotopic (exact) mass is 459 g/mol. The second kappa shape index (κ2) is 11.4. The van der Waals surface area contributed by atoms with Gasteiger partial charge < -0.3 is 20.3 Å². The van der Waals surface area contributed by atoms with Crippen molar-refractivity contribution in [3.8, 4) is 0 Å². The Kier molecular flexibility index (Phi) is 8.34. The van der Waals surface area contributed by atoms with E-state index < -0.39 is 0 Å². The number of nitrogens with zero attached hydrogens (tertiary/aromatic N) is 3. The van der Waals surface area contributed by atoms with Crippen LogP contribution in [0.15, 0.2) is 54.2 Å². The molecule has 0 bridgehead atoms. The average Bonchev–Trinajstić information content (AvgIpc) is 3.26. The van der Waals surface area contributed by atoms with Crippen LogP contribution in [0.1, 0.15) is 21.1 Å². The molecule has 8 nitrogen and oxygen atoms in total. The molecule has 0 aliphatic rings. The van der Waals surface area contributed by atoms with Gasteiger partial charge in [-0.25, -0.2) is 9.78 Å². The molecular weight excluding hydrogens is 438 g/mol. The van der Waals surface area contributed by atoms with Crippen molar-refractivity contribution in [1.82, 2.24) is 20.2 Å². The number of pyridine rings is 1. The zero-order chi connectivity index (χ0) is 22.1. The Bertz CT molecular complexity index is 998. The van der Waals surface area contributed by atoms with Gasteiger partial charge >= 0.3 is 6.03 Å². The first-order valence-corrected chi connectivity index (χ1v) is 10.7.